The number of halogens is 1. The zero-order valence-electron chi connectivity index (χ0n) is 9.37. The summed E-state index contributed by atoms with van der Waals surface area (Å²) < 4.78 is 5.52. The highest BCUT2D eigenvalue weighted by Gasteiger charge is 2.28. The third-order valence-corrected chi connectivity index (χ3v) is 2.94. The number of carbonyl (C=O) groups excluding carboxylic acids is 1. The Labute approximate surface area is 100.0 Å². The number of aryl methyl sites for hydroxylation is 1. The summed E-state index contributed by atoms with van der Waals surface area (Å²) in [7, 11) is 1.77. The molecule has 1 aromatic rings. The first kappa shape index (κ1) is 11.3. The van der Waals surface area contributed by atoms with E-state index in [4.69, 9.17) is 16.3 Å². The predicted molar refractivity (Wildman–Crippen MR) is 64.4 cm³/mol. The third kappa shape index (κ3) is 1.87. The number of carbonyl (C=O) groups is 1. The minimum atomic E-state index is -0.406. The molecule has 0 fully saturated rings. The van der Waals surface area contributed by atoms with Crippen molar-refractivity contribution in [2.24, 2.45) is 0 Å². The van der Waals surface area contributed by atoms with Gasteiger partial charge in [-0.3, -0.25) is 4.79 Å². The topological polar surface area (TPSA) is 29.5 Å². The average molecular weight is 240 g/mol. The van der Waals surface area contributed by atoms with Gasteiger partial charge in [-0.2, -0.15) is 0 Å². The lowest BCUT2D eigenvalue weighted by atomic mass is 10.1. The van der Waals surface area contributed by atoms with Crippen LogP contribution in [-0.2, 0) is 11.2 Å². The summed E-state index contributed by atoms with van der Waals surface area (Å²) in [6.45, 7) is 1.76. The van der Waals surface area contributed by atoms with Crippen molar-refractivity contribution in [3.8, 4) is 5.75 Å². The third-order valence-electron chi connectivity index (χ3n) is 2.75. The largest absolute Gasteiger partial charge is 0.479 e. The van der Waals surface area contributed by atoms with Crippen molar-refractivity contribution in [1.29, 1.82) is 0 Å². The van der Waals surface area contributed by atoms with Crippen LogP contribution in [0.2, 0.25) is 0 Å². The fourth-order valence-electron chi connectivity index (χ4n) is 1.82. The molecule has 1 amide bonds. The Balaban J connectivity index is 2.38. The van der Waals surface area contributed by atoms with Gasteiger partial charge in [0.2, 0.25) is 0 Å². The SMILES string of the molecule is CC1Oc2ccc(CCCl)cc2N(C)C1=O. The second kappa shape index (κ2) is 4.34. The van der Waals surface area contributed by atoms with E-state index in [2.05, 4.69) is 0 Å². The fourth-order valence-corrected chi connectivity index (χ4v) is 2.04. The van der Waals surface area contributed by atoms with Crippen molar-refractivity contribution >= 4 is 23.2 Å². The Bertz CT molecular complexity index is 419. The zero-order chi connectivity index (χ0) is 11.7. The monoisotopic (exact) mass is 239 g/mol. The van der Waals surface area contributed by atoms with Crippen molar-refractivity contribution in [2.45, 2.75) is 19.4 Å². The number of ether oxygens (including phenoxy) is 1. The molecular weight excluding hydrogens is 226 g/mol. The number of benzene rings is 1. The van der Waals surface area contributed by atoms with Crippen molar-refractivity contribution in [3.05, 3.63) is 23.8 Å². The van der Waals surface area contributed by atoms with Crippen LogP contribution >= 0.6 is 11.6 Å². The van der Waals surface area contributed by atoms with Gasteiger partial charge in [0.05, 0.1) is 5.69 Å². The quantitative estimate of drug-likeness (QED) is 0.741. The highest BCUT2D eigenvalue weighted by Crippen LogP contribution is 2.33. The van der Waals surface area contributed by atoms with Gasteiger partial charge in [-0.1, -0.05) is 6.07 Å². The lowest BCUT2D eigenvalue weighted by molar-refractivity contribution is -0.125. The van der Waals surface area contributed by atoms with E-state index in [0.29, 0.717) is 5.88 Å². The number of amides is 1. The van der Waals surface area contributed by atoms with Gasteiger partial charge < -0.3 is 9.64 Å². The maximum atomic E-state index is 11.7. The Morgan fingerprint density at radius 2 is 2.25 bits per heavy atom. The lowest BCUT2D eigenvalue weighted by Crippen LogP contribution is -2.42. The number of nitrogens with zero attached hydrogens (tertiary/aromatic N) is 1. The molecular formula is C12H14ClNO2. The zero-order valence-corrected chi connectivity index (χ0v) is 10.1. The van der Waals surface area contributed by atoms with Gasteiger partial charge in [-0.05, 0) is 31.0 Å². The van der Waals surface area contributed by atoms with E-state index in [1.165, 1.54) is 0 Å². The van der Waals surface area contributed by atoms with Crippen molar-refractivity contribution in [1.82, 2.24) is 0 Å². The van der Waals surface area contributed by atoms with Crippen molar-refractivity contribution in [2.75, 3.05) is 17.8 Å². The molecule has 0 spiro atoms. The molecule has 0 aromatic heterocycles. The van der Waals surface area contributed by atoms with E-state index < -0.39 is 6.10 Å². The number of alkyl halides is 1. The summed E-state index contributed by atoms with van der Waals surface area (Å²) in [6.07, 6.45) is 0.392. The maximum Gasteiger partial charge on any atom is 0.267 e. The average Bonchev–Trinajstić information content (AvgIpc) is 2.28. The van der Waals surface area contributed by atoms with Crippen LogP contribution in [-0.4, -0.2) is 24.9 Å². The fraction of sp³-hybridized carbons (Fsp3) is 0.417. The molecule has 0 radical (unpaired) electrons. The Morgan fingerprint density at radius 1 is 1.50 bits per heavy atom. The first-order valence-electron chi connectivity index (χ1n) is 5.26. The van der Waals surface area contributed by atoms with E-state index in [-0.39, 0.29) is 5.91 Å². The number of hydrogen-bond acceptors (Lipinski definition) is 2. The van der Waals surface area contributed by atoms with E-state index in [1.807, 2.05) is 18.2 Å². The maximum absolute atomic E-state index is 11.7. The second-order valence-corrected chi connectivity index (χ2v) is 4.28. The Morgan fingerprint density at radius 3 is 2.94 bits per heavy atom. The Kier molecular flexibility index (Phi) is 3.06. The minimum Gasteiger partial charge on any atom is -0.479 e. The van der Waals surface area contributed by atoms with Crippen LogP contribution < -0.4 is 9.64 Å². The first-order chi connectivity index (χ1) is 7.63. The van der Waals surface area contributed by atoms with Crippen molar-refractivity contribution < 1.29 is 9.53 Å². The minimum absolute atomic E-state index is 0.0180. The molecule has 1 aliphatic rings. The highest BCUT2D eigenvalue weighted by molar-refractivity contribution is 6.18. The molecule has 1 aromatic carbocycles. The normalized spacial score (nSPS) is 19.3. The molecule has 3 nitrogen and oxygen atoms in total. The van der Waals surface area contributed by atoms with Gasteiger partial charge in [0, 0.05) is 12.9 Å². The van der Waals surface area contributed by atoms with Gasteiger partial charge in [0.1, 0.15) is 5.75 Å². The molecule has 16 heavy (non-hydrogen) atoms. The van der Waals surface area contributed by atoms with Gasteiger partial charge in [-0.25, -0.2) is 0 Å². The molecule has 1 aliphatic heterocycles. The van der Waals surface area contributed by atoms with Crippen LogP contribution in [0.25, 0.3) is 0 Å². The number of fused-ring (bicyclic) bond motifs is 1. The lowest BCUT2D eigenvalue weighted by Gasteiger charge is -2.30. The van der Waals surface area contributed by atoms with Gasteiger partial charge in [0.15, 0.2) is 6.10 Å². The van der Waals surface area contributed by atoms with Gasteiger partial charge >= 0.3 is 0 Å². The standard InChI is InChI=1S/C12H14ClNO2/c1-8-12(15)14(2)10-7-9(5-6-13)3-4-11(10)16-8/h3-4,7-8H,5-6H2,1-2H3. The summed E-state index contributed by atoms with van der Waals surface area (Å²) in [5, 5.41) is 0. The summed E-state index contributed by atoms with van der Waals surface area (Å²) in [5.41, 5.74) is 1.94. The summed E-state index contributed by atoms with van der Waals surface area (Å²) in [4.78, 5) is 13.4. The molecule has 0 saturated heterocycles. The van der Waals surface area contributed by atoms with Crippen molar-refractivity contribution in [3.63, 3.8) is 0 Å². The van der Waals surface area contributed by atoms with Crippen LogP contribution in [0.1, 0.15) is 12.5 Å². The summed E-state index contributed by atoms with van der Waals surface area (Å²) in [6, 6.07) is 5.84. The molecule has 1 atom stereocenters. The molecule has 86 valence electrons. The van der Waals surface area contributed by atoms with E-state index in [1.54, 1.807) is 18.9 Å². The number of likely N-dealkylation sites (N-methyl/N-ethyl adjacent to an activating group) is 1. The highest BCUT2D eigenvalue weighted by atomic mass is 35.5. The molecule has 4 heteroatoms. The number of anilines is 1. The van der Waals surface area contributed by atoms with Crippen LogP contribution in [0.3, 0.4) is 0 Å². The molecule has 0 saturated carbocycles. The smallest absolute Gasteiger partial charge is 0.267 e. The molecule has 0 bridgehead atoms. The van der Waals surface area contributed by atoms with Crippen LogP contribution in [0.5, 0.6) is 5.75 Å². The van der Waals surface area contributed by atoms with Crippen LogP contribution in [0, 0.1) is 0 Å². The van der Waals surface area contributed by atoms with Gasteiger partial charge in [-0.15, -0.1) is 11.6 Å². The summed E-state index contributed by atoms with van der Waals surface area (Å²) in [5.74, 6) is 1.32. The molecule has 1 unspecified atom stereocenters. The first-order valence-corrected chi connectivity index (χ1v) is 5.80. The van der Waals surface area contributed by atoms with E-state index in [9.17, 15) is 4.79 Å². The molecule has 0 N–H and O–H groups in total. The second-order valence-electron chi connectivity index (χ2n) is 3.90. The Hall–Kier alpha value is -1.22. The van der Waals surface area contributed by atoms with Crippen LogP contribution in [0.15, 0.2) is 18.2 Å². The predicted octanol–water partition coefficient (Wildman–Crippen LogP) is 2.21. The van der Waals surface area contributed by atoms with E-state index >= 15 is 0 Å². The van der Waals surface area contributed by atoms with Crippen LogP contribution in [0.4, 0.5) is 5.69 Å². The van der Waals surface area contributed by atoms with E-state index in [0.717, 1.165) is 23.4 Å². The molecule has 1 heterocycles. The summed E-state index contributed by atoms with van der Waals surface area (Å²) >= 11 is 5.70. The molecule has 2 rings (SSSR count). The molecule has 0 aliphatic carbocycles. The van der Waals surface area contributed by atoms with Gasteiger partial charge in [0.25, 0.3) is 5.91 Å². The number of hydrogen-bond donors (Lipinski definition) is 0. The number of rotatable bonds is 2.